The fourth-order valence-electron chi connectivity index (χ4n) is 1.88. The van der Waals surface area contributed by atoms with Crippen LogP contribution in [0.2, 0.25) is 0 Å². The van der Waals surface area contributed by atoms with Gasteiger partial charge >= 0.3 is 0 Å². The zero-order valence-electron chi connectivity index (χ0n) is 11.9. The summed E-state index contributed by atoms with van der Waals surface area (Å²) in [6.45, 7) is 5.09. The van der Waals surface area contributed by atoms with Gasteiger partial charge in [0, 0.05) is 23.6 Å². The molecule has 20 heavy (non-hydrogen) atoms. The maximum Gasteiger partial charge on any atom is 0.260 e. The Morgan fingerprint density at radius 1 is 1.50 bits per heavy atom. The quantitative estimate of drug-likeness (QED) is 0.802. The zero-order valence-corrected chi connectivity index (χ0v) is 13.5. The summed E-state index contributed by atoms with van der Waals surface area (Å²) in [6, 6.07) is 6.49. The van der Waals surface area contributed by atoms with E-state index in [0.717, 1.165) is 22.3 Å². The first-order chi connectivity index (χ1) is 9.60. The zero-order chi connectivity index (χ0) is 14.5. The standard InChI is InChI=1S/C15H21BrN2O2/c1-3-17-15(19)10(2)20-13-6-7-14(16)11(8-13)9-18-12-4-5-12/h6-8,10,12,18H,3-5,9H2,1-2H3,(H,17,19). The van der Waals surface area contributed by atoms with Gasteiger partial charge in [-0.15, -0.1) is 0 Å². The van der Waals surface area contributed by atoms with Crippen LogP contribution in [0, 0.1) is 0 Å². The van der Waals surface area contributed by atoms with Crippen LogP contribution in [0.4, 0.5) is 0 Å². The number of benzene rings is 1. The Labute approximate surface area is 128 Å². The van der Waals surface area contributed by atoms with Gasteiger partial charge in [-0.05, 0) is 50.5 Å². The molecular formula is C15H21BrN2O2. The molecule has 4 nitrogen and oxygen atoms in total. The molecule has 0 radical (unpaired) electrons. The third kappa shape index (κ3) is 4.49. The van der Waals surface area contributed by atoms with Crippen LogP contribution in [0.15, 0.2) is 22.7 Å². The van der Waals surface area contributed by atoms with E-state index in [9.17, 15) is 4.79 Å². The maximum atomic E-state index is 11.7. The van der Waals surface area contributed by atoms with Crippen molar-refractivity contribution >= 4 is 21.8 Å². The summed E-state index contributed by atoms with van der Waals surface area (Å²) in [5.74, 6) is 0.632. The van der Waals surface area contributed by atoms with Crippen LogP contribution in [0.1, 0.15) is 32.3 Å². The number of amides is 1. The highest BCUT2D eigenvalue weighted by Gasteiger charge is 2.20. The van der Waals surface area contributed by atoms with Crippen LogP contribution in [-0.4, -0.2) is 24.6 Å². The number of ether oxygens (including phenoxy) is 1. The molecule has 1 aromatic carbocycles. The molecule has 1 aromatic rings. The summed E-state index contributed by atoms with van der Waals surface area (Å²) in [5, 5.41) is 6.23. The summed E-state index contributed by atoms with van der Waals surface area (Å²) in [4.78, 5) is 11.7. The predicted octanol–water partition coefficient (Wildman–Crippen LogP) is 2.60. The van der Waals surface area contributed by atoms with Crippen LogP contribution in [0.25, 0.3) is 0 Å². The Kier molecular flexibility index (Phi) is 5.43. The fraction of sp³-hybridized carbons (Fsp3) is 0.533. The Morgan fingerprint density at radius 3 is 2.90 bits per heavy atom. The summed E-state index contributed by atoms with van der Waals surface area (Å²) in [7, 11) is 0. The number of carbonyl (C=O) groups excluding carboxylic acids is 1. The topological polar surface area (TPSA) is 50.4 Å². The number of halogens is 1. The predicted molar refractivity (Wildman–Crippen MR) is 82.8 cm³/mol. The molecule has 1 atom stereocenters. The van der Waals surface area contributed by atoms with Crippen LogP contribution in [-0.2, 0) is 11.3 Å². The first-order valence-corrected chi connectivity index (χ1v) is 7.85. The Hall–Kier alpha value is -1.07. The minimum Gasteiger partial charge on any atom is -0.481 e. The molecule has 1 fully saturated rings. The lowest BCUT2D eigenvalue weighted by Gasteiger charge is -2.15. The summed E-state index contributed by atoms with van der Waals surface area (Å²) in [5.41, 5.74) is 1.15. The van der Waals surface area contributed by atoms with Crippen LogP contribution in [0.3, 0.4) is 0 Å². The second kappa shape index (κ2) is 7.09. The van der Waals surface area contributed by atoms with Crippen molar-refractivity contribution in [2.24, 2.45) is 0 Å². The molecule has 0 saturated heterocycles. The first kappa shape index (κ1) is 15.3. The monoisotopic (exact) mass is 340 g/mol. The molecule has 2 rings (SSSR count). The Bertz CT molecular complexity index is 475. The minimum absolute atomic E-state index is 0.0897. The van der Waals surface area contributed by atoms with Crippen LogP contribution in [0.5, 0.6) is 5.75 Å². The Morgan fingerprint density at radius 2 is 2.25 bits per heavy atom. The van der Waals surface area contributed by atoms with Crippen molar-refractivity contribution in [3.05, 3.63) is 28.2 Å². The highest BCUT2D eigenvalue weighted by Crippen LogP contribution is 2.25. The van der Waals surface area contributed by atoms with Gasteiger partial charge in [0.15, 0.2) is 6.10 Å². The van der Waals surface area contributed by atoms with Crippen molar-refractivity contribution in [1.82, 2.24) is 10.6 Å². The molecule has 1 saturated carbocycles. The molecule has 1 unspecified atom stereocenters. The number of hydrogen-bond acceptors (Lipinski definition) is 3. The Balaban J connectivity index is 1.96. The van der Waals surface area contributed by atoms with E-state index >= 15 is 0 Å². The third-order valence-corrected chi connectivity index (χ3v) is 3.98. The van der Waals surface area contributed by atoms with Crippen molar-refractivity contribution in [2.75, 3.05) is 6.54 Å². The number of hydrogen-bond donors (Lipinski definition) is 2. The number of likely N-dealkylation sites (N-methyl/N-ethyl adjacent to an activating group) is 1. The van der Waals surface area contributed by atoms with Crippen molar-refractivity contribution < 1.29 is 9.53 Å². The smallest absolute Gasteiger partial charge is 0.260 e. The lowest BCUT2D eigenvalue weighted by atomic mass is 10.2. The van der Waals surface area contributed by atoms with Gasteiger partial charge < -0.3 is 15.4 Å². The number of nitrogens with one attached hydrogen (secondary N) is 2. The molecule has 110 valence electrons. The van der Waals surface area contributed by atoms with Crippen molar-refractivity contribution in [3.8, 4) is 5.75 Å². The van der Waals surface area contributed by atoms with Gasteiger partial charge in [0.1, 0.15) is 5.75 Å². The molecule has 5 heteroatoms. The van der Waals surface area contributed by atoms with Gasteiger partial charge in [0.25, 0.3) is 5.91 Å². The van der Waals surface area contributed by atoms with E-state index in [1.54, 1.807) is 6.92 Å². The van der Waals surface area contributed by atoms with Crippen molar-refractivity contribution in [3.63, 3.8) is 0 Å². The van der Waals surface area contributed by atoms with Crippen LogP contribution < -0.4 is 15.4 Å². The molecule has 0 aromatic heterocycles. The van der Waals surface area contributed by atoms with Gasteiger partial charge in [-0.25, -0.2) is 0 Å². The number of rotatable bonds is 7. The molecule has 0 heterocycles. The average molecular weight is 341 g/mol. The van der Waals surface area contributed by atoms with Crippen molar-refractivity contribution in [1.29, 1.82) is 0 Å². The molecule has 1 aliphatic rings. The summed E-state index contributed by atoms with van der Waals surface area (Å²) >= 11 is 3.55. The molecule has 0 spiro atoms. The van der Waals surface area contributed by atoms with E-state index in [1.165, 1.54) is 12.8 Å². The molecule has 1 aliphatic carbocycles. The van der Waals surface area contributed by atoms with Gasteiger partial charge in [0.05, 0.1) is 0 Å². The van der Waals surface area contributed by atoms with Crippen molar-refractivity contribution in [2.45, 2.75) is 45.4 Å². The van der Waals surface area contributed by atoms with Gasteiger partial charge in [-0.2, -0.15) is 0 Å². The highest BCUT2D eigenvalue weighted by molar-refractivity contribution is 9.10. The molecule has 2 N–H and O–H groups in total. The average Bonchev–Trinajstić information content (AvgIpc) is 3.23. The highest BCUT2D eigenvalue weighted by atomic mass is 79.9. The normalized spacial score (nSPS) is 15.8. The van der Waals surface area contributed by atoms with Crippen LogP contribution >= 0.6 is 15.9 Å². The number of carbonyl (C=O) groups is 1. The molecule has 0 aliphatic heterocycles. The van der Waals surface area contributed by atoms with E-state index in [2.05, 4.69) is 26.6 Å². The van der Waals surface area contributed by atoms with E-state index in [-0.39, 0.29) is 5.91 Å². The third-order valence-electron chi connectivity index (χ3n) is 3.21. The van der Waals surface area contributed by atoms with E-state index in [1.807, 2.05) is 25.1 Å². The second-order valence-electron chi connectivity index (χ2n) is 5.06. The lowest BCUT2D eigenvalue weighted by molar-refractivity contribution is -0.127. The summed E-state index contributed by atoms with van der Waals surface area (Å²) in [6.07, 6.45) is 2.05. The maximum absolute atomic E-state index is 11.7. The lowest BCUT2D eigenvalue weighted by Crippen LogP contribution is -2.36. The van der Waals surface area contributed by atoms with Gasteiger partial charge in [0.2, 0.25) is 0 Å². The van der Waals surface area contributed by atoms with E-state index in [4.69, 9.17) is 4.74 Å². The first-order valence-electron chi connectivity index (χ1n) is 7.06. The molecule has 0 bridgehead atoms. The SMILES string of the molecule is CCNC(=O)C(C)Oc1ccc(Br)c(CNC2CC2)c1. The minimum atomic E-state index is -0.486. The van der Waals surface area contributed by atoms with Gasteiger partial charge in [-0.3, -0.25) is 4.79 Å². The largest absolute Gasteiger partial charge is 0.481 e. The second-order valence-corrected chi connectivity index (χ2v) is 5.92. The molecular weight excluding hydrogens is 320 g/mol. The fourth-order valence-corrected chi connectivity index (χ4v) is 2.26. The van der Waals surface area contributed by atoms with E-state index in [0.29, 0.717) is 12.6 Å². The van der Waals surface area contributed by atoms with Gasteiger partial charge in [-0.1, -0.05) is 15.9 Å². The molecule has 1 amide bonds. The summed E-state index contributed by atoms with van der Waals surface area (Å²) < 4.78 is 6.75. The van der Waals surface area contributed by atoms with E-state index < -0.39 is 6.10 Å².